The Morgan fingerprint density at radius 1 is 1.09 bits per heavy atom. The van der Waals surface area contributed by atoms with E-state index < -0.39 is 17.9 Å². The van der Waals surface area contributed by atoms with Crippen LogP contribution in [0.15, 0.2) is 42.7 Å². The van der Waals surface area contributed by atoms with Crippen molar-refractivity contribution in [3.05, 3.63) is 53.9 Å². The molecule has 22 heavy (non-hydrogen) atoms. The number of alkyl halides is 4. The standard InChI is InChI=1S/C15H11F4N3/c1-9(16)12-8-20-22-7-6-13(21-14(12)22)10-2-4-11(5-3-10)15(17,18)19/h2-9H,1H3. The molecule has 1 atom stereocenters. The lowest BCUT2D eigenvalue weighted by molar-refractivity contribution is -0.137. The Bertz CT molecular complexity index is 804. The highest BCUT2D eigenvalue weighted by Crippen LogP contribution is 2.31. The average molecular weight is 309 g/mol. The van der Waals surface area contributed by atoms with Crippen LogP contribution in [0.5, 0.6) is 0 Å². The van der Waals surface area contributed by atoms with Crippen LogP contribution in [0.4, 0.5) is 17.6 Å². The lowest BCUT2D eigenvalue weighted by atomic mass is 10.1. The molecule has 1 aromatic carbocycles. The summed E-state index contributed by atoms with van der Waals surface area (Å²) in [6.07, 6.45) is -2.61. The smallest absolute Gasteiger partial charge is 0.242 e. The maximum absolute atomic E-state index is 13.5. The fraction of sp³-hybridized carbons (Fsp3) is 0.200. The van der Waals surface area contributed by atoms with Gasteiger partial charge in [-0.2, -0.15) is 18.3 Å². The first kappa shape index (κ1) is 14.5. The van der Waals surface area contributed by atoms with Crippen LogP contribution in [0.2, 0.25) is 0 Å². The lowest BCUT2D eigenvalue weighted by Crippen LogP contribution is -2.04. The van der Waals surface area contributed by atoms with Crippen molar-refractivity contribution in [3.8, 4) is 11.3 Å². The fourth-order valence-electron chi connectivity index (χ4n) is 2.16. The molecule has 0 spiro atoms. The minimum atomic E-state index is -4.38. The molecule has 7 heteroatoms. The summed E-state index contributed by atoms with van der Waals surface area (Å²) in [7, 11) is 0. The second-order valence-corrected chi connectivity index (χ2v) is 4.87. The molecule has 0 saturated carbocycles. The third kappa shape index (κ3) is 2.54. The van der Waals surface area contributed by atoms with Gasteiger partial charge in [0.15, 0.2) is 5.65 Å². The van der Waals surface area contributed by atoms with Crippen LogP contribution in [0.3, 0.4) is 0 Å². The van der Waals surface area contributed by atoms with Gasteiger partial charge in [0, 0.05) is 11.8 Å². The first-order chi connectivity index (χ1) is 10.4. The van der Waals surface area contributed by atoms with Crippen molar-refractivity contribution < 1.29 is 17.6 Å². The maximum Gasteiger partial charge on any atom is 0.416 e. The Kier molecular flexibility index (Phi) is 3.35. The van der Waals surface area contributed by atoms with E-state index in [2.05, 4.69) is 10.1 Å². The number of benzene rings is 1. The number of fused-ring (bicyclic) bond motifs is 1. The van der Waals surface area contributed by atoms with Gasteiger partial charge < -0.3 is 0 Å². The van der Waals surface area contributed by atoms with Crippen LogP contribution in [-0.4, -0.2) is 14.6 Å². The van der Waals surface area contributed by atoms with Gasteiger partial charge in [-0.1, -0.05) is 12.1 Å². The normalized spacial score (nSPS) is 13.5. The first-order valence-electron chi connectivity index (χ1n) is 6.52. The molecule has 2 aromatic heterocycles. The van der Waals surface area contributed by atoms with Crippen molar-refractivity contribution in [2.24, 2.45) is 0 Å². The van der Waals surface area contributed by atoms with E-state index in [1.165, 1.54) is 29.8 Å². The first-order valence-corrected chi connectivity index (χ1v) is 6.52. The van der Waals surface area contributed by atoms with Crippen LogP contribution in [-0.2, 0) is 6.18 Å². The van der Waals surface area contributed by atoms with Crippen molar-refractivity contribution in [2.75, 3.05) is 0 Å². The summed E-state index contributed by atoms with van der Waals surface area (Å²) in [5.74, 6) is 0. The van der Waals surface area contributed by atoms with E-state index in [-0.39, 0.29) is 0 Å². The summed E-state index contributed by atoms with van der Waals surface area (Å²) in [6.45, 7) is 1.38. The van der Waals surface area contributed by atoms with E-state index in [1.807, 2.05) is 0 Å². The second-order valence-electron chi connectivity index (χ2n) is 4.87. The Labute approximate surface area is 123 Å². The van der Waals surface area contributed by atoms with E-state index in [1.54, 1.807) is 12.3 Å². The van der Waals surface area contributed by atoms with Crippen LogP contribution in [0.25, 0.3) is 16.9 Å². The second kappa shape index (κ2) is 5.08. The highest BCUT2D eigenvalue weighted by atomic mass is 19.4. The van der Waals surface area contributed by atoms with Crippen molar-refractivity contribution in [2.45, 2.75) is 19.3 Å². The molecule has 0 saturated heterocycles. The molecular formula is C15H11F4N3. The van der Waals surface area contributed by atoms with Crippen molar-refractivity contribution in [3.63, 3.8) is 0 Å². The third-order valence-corrected chi connectivity index (χ3v) is 3.33. The van der Waals surface area contributed by atoms with Crippen molar-refractivity contribution >= 4 is 5.65 Å². The SMILES string of the molecule is CC(F)c1cnn2ccc(-c3ccc(C(F)(F)F)cc3)nc12. The minimum Gasteiger partial charge on any atom is -0.242 e. The Morgan fingerprint density at radius 3 is 2.36 bits per heavy atom. The zero-order chi connectivity index (χ0) is 15.9. The summed E-state index contributed by atoms with van der Waals surface area (Å²) < 4.78 is 52.6. The van der Waals surface area contributed by atoms with Gasteiger partial charge in [0.05, 0.1) is 23.0 Å². The molecule has 2 heterocycles. The molecule has 0 radical (unpaired) electrons. The van der Waals surface area contributed by atoms with E-state index in [0.29, 0.717) is 22.5 Å². The van der Waals surface area contributed by atoms with Gasteiger partial charge in [0.25, 0.3) is 0 Å². The molecule has 114 valence electrons. The summed E-state index contributed by atoms with van der Waals surface area (Å²) in [5, 5.41) is 3.99. The van der Waals surface area contributed by atoms with Crippen molar-refractivity contribution in [1.82, 2.24) is 14.6 Å². The summed E-state index contributed by atoms with van der Waals surface area (Å²) >= 11 is 0. The molecule has 1 unspecified atom stereocenters. The van der Waals surface area contributed by atoms with Crippen LogP contribution in [0.1, 0.15) is 24.2 Å². The minimum absolute atomic E-state index is 0.341. The van der Waals surface area contributed by atoms with Crippen molar-refractivity contribution in [1.29, 1.82) is 0 Å². The molecule has 3 rings (SSSR count). The number of aromatic nitrogens is 3. The molecule has 0 bridgehead atoms. The van der Waals surface area contributed by atoms with Gasteiger partial charge >= 0.3 is 6.18 Å². The van der Waals surface area contributed by atoms with E-state index >= 15 is 0 Å². The molecule has 0 N–H and O–H groups in total. The molecule has 0 aliphatic carbocycles. The summed E-state index contributed by atoms with van der Waals surface area (Å²) in [5.41, 5.74) is 0.957. The van der Waals surface area contributed by atoms with Gasteiger partial charge in [-0.15, -0.1) is 0 Å². The largest absolute Gasteiger partial charge is 0.416 e. The zero-order valence-electron chi connectivity index (χ0n) is 11.5. The van der Waals surface area contributed by atoms with Gasteiger partial charge in [-0.05, 0) is 25.1 Å². The van der Waals surface area contributed by atoms with Gasteiger partial charge in [0.1, 0.15) is 6.17 Å². The monoisotopic (exact) mass is 309 g/mol. The van der Waals surface area contributed by atoms with Gasteiger partial charge in [0.2, 0.25) is 0 Å². The van der Waals surface area contributed by atoms with Crippen LogP contribution < -0.4 is 0 Å². The Balaban J connectivity index is 2.04. The molecule has 0 amide bonds. The summed E-state index contributed by atoms with van der Waals surface area (Å²) in [6, 6.07) is 6.30. The third-order valence-electron chi connectivity index (χ3n) is 3.33. The topological polar surface area (TPSA) is 30.2 Å². The van der Waals surface area contributed by atoms with E-state index in [0.717, 1.165) is 12.1 Å². The average Bonchev–Trinajstić information content (AvgIpc) is 2.89. The molecule has 3 aromatic rings. The number of hydrogen-bond donors (Lipinski definition) is 0. The highest BCUT2D eigenvalue weighted by Gasteiger charge is 2.30. The highest BCUT2D eigenvalue weighted by molar-refractivity contribution is 5.63. The van der Waals surface area contributed by atoms with E-state index in [9.17, 15) is 17.6 Å². The van der Waals surface area contributed by atoms with Gasteiger partial charge in [-0.25, -0.2) is 13.9 Å². The number of rotatable bonds is 2. The predicted molar refractivity (Wildman–Crippen MR) is 72.9 cm³/mol. The molecule has 0 aliphatic heterocycles. The Hall–Kier alpha value is -2.44. The quantitative estimate of drug-likeness (QED) is 0.655. The molecule has 0 aliphatic rings. The molecule has 0 fully saturated rings. The number of hydrogen-bond acceptors (Lipinski definition) is 2. The van der Waals surface area contributed by atoms with Crippen LogP contribution >= 0.6 is 0 Å². The van der Waals surface area contributed by atoms with E-state index in [4.69, 9.17) is 0 Å². The van der Waals surface area contributed by atoms with Gasteiger partial charge in [-0.3, -0.25) is 0 Å². The predicted octanol–water partition coefficient (Wildman–Crippen LogP) is 4.45. The molecular weight excluding hydrogens is 298 g/mol. The zero-order valence-corrected chi connectivity index (χ0v) is 11.5. The lowest BCUT2D eigenvalue weighted by Gasteiger charge is -2.08. The molecule has 3 nitrogen and oxygen atoms in total. The summed E-state index contributed by atoms with van der Waals surface area (Å²) in [4.78, 5) is 4.30. The number of halogens is 4. The number of nitrogens with zero attached hydrogens (tertiary/aromatic N) is 3. The Morgan fingerprint density at radius 2 is 1.77 bits per heavy atom. The fourth-order valence-corrected chi connectivity index (χ4v) is 2.16. The maximum atomic E-state index is 13.5. The van der Waals surface area contributed by atoms with Crippen LogP contribution in [0, 0.1) is 0 Å².